The molecule has 1 amide bonds. The molecule has 2 atom stereocenters. The highest BCUT2D eigenvalue weighted by molar-refractivity contribution is 5.94. The van der Waals surface area contributed by atoms with E-state index in [0.29, 0.717) is 17.9 Å². The van der Waals surface area contributed by atoms with Gasteiger partial charge in [0.25, 0.3) is 5.91 Å². The van der Waals surface area contributed by atoms with Gasteiger partial charge in [0.2, 0.25) is 0 Å². The van der Waals surface area contributed by atoms with Crippen LogP contribution in [-0.2, 0) is 6.54 Å². The molecular formula is C32H37FN2O. The molecule has 1 aliphatic carbocycles. The summed E-state index contributed by atoms with van der Waals surface area (Å²) >= 11 is 0. The van der Waals surface area contributed by atoms with Gasteiger partial charge in [-0.05, 0) is 66.6 Å². The van der Waals surface area contributed by atoms with Crippen LogP contribution in [0, 0.1) is 18.7 Å². The van der Waals surface area contributed by atoms with Crippen LogP contribution in [0.5, 0.6) is 0 Å². The van der Waals surface area contributed by atoms with Crippen molar-refractivity contribution in [2.24, 2.45) is 5.92 Å². The lowest BCUT2D eigenvalue weighted by atomic mass is 9.85. The van der Waals surface area contributed by atoms with E-state index in [-0.39, 0.29) is 11.7 Å². The number of nitrogens with zero attached hydrogens (tertiary/aromatic N) is 2. The van der Waals surface area contributed by atoms with E-state index in [2.05, 4.69) is 41.0 Å². The van der Waals surface area contributed by atoms with Gasteiger partial charge in [0.1, 0.15) is 5.82 Å². The minimum atomic E-state index is -0.185. The first kappa shape index (κ1) is 24.7. The van der Waals surface area contributed by atoms with Crippen molar-refractivity contribution >= 4 is 5.91 Å². The van der Waals surface area contributed by atoms with Gasteiger partial charge in [0.15, 0.2) is 0 Å². The Balaban J connectivity index is 1.43. The molecule has 0 spiro atoms. The van der Waals surface area contributed by atoms with Crippen molar-refractivity contribution in [1.82, 2.24) is 9.80 Å². The second-order valence-electron chi connectivity index (χ2n) is 10.7. The maximum Gasteiger partial charge on any atom is 0.254 e. The van der Waals surface area contributed by atoms with Crippen LogP contribution in [0.3, 0.4) is 0 Å². The summed E-state index contributed by atoms with van der Waals surface area (Å²) in [7, 11) is 0. The quantitative estimate of drug-likeness (QED) is 0.367. The van der Waals surface area contributed by atoms with Crippen molar-refractivity contribution in [2.45, 2.75) is 57.5 Å². The average molecular weight is 485 g/mol. The number of likely N-dealkylation sites (tertiary alicyclic amines) is 1. The Bertz CT molecular complexity index is 1160. The Hall–Kier alpha value is -2.98. The summed E-state index contributed by atoms with van der Waals surface area (Å²) in [5.74, 6) is 0.647. The first-order valence-corrected chi connectivity index (χ1v) is 13.5. The van der Waals surface area contributed by atoms with Crippen molar-refractivity contribution < 1.29 is 9.18 Å². The minimum absolute atomic E-state index is 0.162. The molecule has 0 radical (unpaired) electrons. The van der Waals surface area contributed by atoms with Gasteiger partial charge in [-0.15, -0.1) is 0 Å². The predicted molar refractivity (Wildman–Crippen MR) is 143 cm³/mol. The fraction of sp³-hybridized carbons (Fsp3) is 0.406. The fourth-order valence-electron chi connectivity index (χ4n) is 6.31. The molecule has 0 bridgehead atoms. The molecule has 1 saturated carbocycles. The lowest BCUT2D eigenvalue weighted by Gasteiger charge is -2.37. The minimum Gasteiger partial charge on any atom is -0.335 e. The third kappa shape index (κ3) is 5.70. The van der Waals surface area contributed by atoms with Crippen molar-refractivity contribution in [3.8, 4) is 0 Å². The molecule has 3 aromatic rings. The maximum absolute atomic E-state index is 13.9. The standard InChI is InChI=1S/C32H37FN2O/c1-24-11-8-9-18-30(24)31-23-34(20-25-12-10-15-28(33)19-25)21-27(31)22-35(29-16-6-3-7-17-29)32(36)26-13-4-2-5-14-26/h2,4-5,8-15,18-19,27,29,31H,3,6-7,16-17,20-23H2,1H3. The van der Waals surface area contributed by atoms with Crippen LogP contribution >= 0.6 is 0 Å². The molecule has 4 heteroatoms. The average Bonchev–Trinajstić information content (AvgIpc) is 3.30. The Labute approximate surface area is 214 Å². The highest BCUT2D eigenvalue weighted by Crippen LogP contribution is 2.37. The molecule has 3 aromatic carbocycles. The Morgan fingerprint density at radius 1 is 0.917 bits per heavy atom. The van der Waals surface area contributed by atoms with Crippen LogP contribution in [0.15, 0.2) is 78.9 Å². The summed E-state index contributed by atoms with van der Waals surface area (Å²) in [6.07, 6.45) is 5.84. The van der Waals surface area contributed by atoms with E-state index in [9.17, 15) is 9.18 Å². The van der Waals surface area contributed by atoms with Crippen molar-refractivity contribution in [3.63, 3.8) is 0 Å². The van der Waals surface area contributed by atoms with E-state index in [1.165, 1.54) is 36.5 Å². The van der Waals surface area contributed by atoms with Gasteiger partial charge < -0.3 is 4.90 Å². The molecule has 1 aliphatic heterocycles. The van der Waals surface area contributed by atoms with Gasteiger partial charge >= 0.3 is 0 Å². The normalized spacial score (nSPS) is 20.9. The van der Waals surface area contributed by atoms with Crippen LogP contribution < -0.4 is 0 Å². The Kier molecular flexibility index (Phi) is 7.81. The second kappa shape index (κ2) is 11.4. The highest BCUT2D eigenvalue weighted by atomic mass is 19.1. The zero-order valence-electron chi connectivity index (χ0n) is 21.3. The molecule has 1 heterocycles. The first-order valence-electron chi connectivity index (χ1n) is 13.5. The highest BCUT2D eigenvalue weighted by Gasteiger charge is 2.38. The zero-order valence-corrected chi connectivity index (χ0v) is 21.3. The Morgan fingerprint density at radius 3 is 2.42 bits per heavy atom. The molecule has 188 valence electrons. The maximum atomic E-state index is 13.9. The van der Waals surface area contributed by atoms with Crippen LogP contribution in [0.2, 0.25) is 0 Å². The van der Waals surface area contributed by atoms with E-state index in [0.717, 1.165) is 50.1 Å². The van der Waals surface area contributed by atoms with E-state index >= 15 is 0 Å². The number of carbonyl (C=O) groups excluding carboxylic acids is 1. The number of carbonyl (C=O) groups is 1. The zero-order chi connectivity index (χ0) is 24.9. The number of hydrogen-bond acceptors (Lipinski definition) is 2. The van der Waals surface area contributed by atoms with Gasteiger partial charge in [-0.25, -0.2) is 4.39 Å². The number of halogens is 1. The molecular weight excluding hydrogens is 447 g/mol. The van der Waals surface area contributed by atoms with E-state index in [1.54, 1.807) is 12.1 Å². The van der Waals surface area contributed by atoms with Gasteiger partial charge in [0.05, 0.1) is 0 Å². The first-order chi connectivity index (χ1) is 17.6. The summed E-state index contributed by atoms with van der Waals surface area (Å²) in [6.45, 7) is 5.50. The van der Waals surface area contributed by atoms with Gasteiger partial charge in [0, 0.05) is 43.7 Å². The summed E-state index contributed by atoms with van der Waals surface area (Å²) in [5, 5.41) is 0. The molecule has 5 rings (SSSR count). The molecule has 2 aliphatic rings. The number of rotatable bonds is 7. The molecule has 3 nitrogen and oxygen atoms in total. The summed E-state index contributed by atoms with van der Waals surface area (Å²) < 4.78 is 13.9. The smallest absolute Gasteiger partial charge is 0.254 e. The van der Waals surface area contributed by atoms with Gasteiger partial charge in [-0.2, -0.15) is 0 Å². The summed E-state index contributed by atoms with van der Waals surface area (Å²) in [6, 6.07) is 25.7. The molecule has 1 saturated heterocycles. The Morgan fingerprint density at radius 2 is 1.67 bits per heavy atom. The van der Waals surface area contributed by atoms with Crippen LogP contribution in [0.25, 0.3) is 0 Å². The van der Waals surface area contributed by atoms with Crippen molar-refractivity contribution in [3.05, 3.63) is 107 Å². The van der Waals surface area contributed by atoms with Crippen LogP contribution in [-0.4, -0.2) is 41.4 Å². The third-order valence-corrected chi connectivity index (χ3v) is 8.13. The number of aryl methyl sites for hydroxylation is 1. The largest absolute Gasteiger partial charge is 0.335 e. The fourth-order valence-corrected chi connectivity index (χ4v) is 6.31. The molecule has 0 aromatic heterocycles. The number of hydrogen-bond donors (Lipinski definition) is 0. The van der Waals surface area contributed by atoms with Gasteiger partial charge in [-0.1, -0.05) is 73.9 Å². The predicted octanol–water partition coefficient (Wildman–Crippen LogP) is 6.82. The van der Waals surface area contributed by atoms with Crippen molar-refractivity contribution in [1.29, 1.82) is 0 Å². The third-order valence-electron chi connectivity index (χ3n) is 8.13. The number of amides is 1. The molecule has 2 fully saturated rings. The lowest BCUT2D eigenvalue weighted by Crippen LogP contribution is -2.45. The molecule has 2 unspecified atom stereocenters. The lowest BCUT2D eigenvalue weighted by molar-refractivity contribution is 0.0588. The van der Waals surface area contributed by atoms with Gasteiger partial charge in [-0.3, -0.25) is 9.69 Å². The monoisotopic (exact) mass is 484 g/mol. The van der Waals surface area contributed by atoms with Crippen LogP contribution in [0.1, 0.15) is 65.1 Å². The second-order valence-corrected chi connectivity index (χ2v) is 10.7. The van der Waals surface area contributed by atoms with Crippen molar-refractivity contribution in [2.75, 3.05) is 19.6 Å². The summed E-state index contributed by atoms with van der Waals surface area (Å²) in [5.41, 5.74) is 4.47. The summed E-state index contributed by atoms with van der Waals surface area (Å²) in [4.78, 5) is 18.5. The molecule has 36 heavy (non-hydrogen) atoms. The number of benzene rings is 3. The van der Waals surface area contributed by atoms with E-state index in [4.69, 9.17) is 0 Å². The SMILES string of the molecule is Cc1ccccc1C1CN(Cc2cccc(F)c2)CC1CN(C(=O)c1ccccc1)C1CCCCC1. The molecule has 0 N–H and O–H groups in total. The topological polar surface area (TPSA) is 23.6 Å². The van der Waals surface area contributed by atoms with Crippen LogP contribution in [0.4, 0.5) is 4.39 Å². The van der Waals surface area contributed by atoms with E-state index < -0.39 is 0 Å². The van der Waals surface area contributed by atoms with E-state index in [1.807, 2.05) is 36.4 Å².